The molecule has 1 amide bonds. The van der Waals surface area contributed by atoms with Crippen LogP contribution in [-0.2, 0) is 11.3 Å². The van der Waals surface area contributed by atoms with Crippen LogP contribution in [0.3, 0.4) is 0 Å². The number of nitrogens with two attached hydrogens (primary N) is 1. The van der Waals surface area contributed by atoms with Gasteiger partial charge in [-0.3, -0.25) is 4.79 Å². The van der Waals surface area contributed by atoms with E-state index in [4.69, 9.17) is 33.7 Å². The van der Waals surface area contributed by atoms with Crippen molar-refractivity contribution in [1.82, 2.24) is 0 Å². The van der Waals surface area contributed by atoms with Crippen molar-refractivity contribution in [2.75, 3.05) is 11.9 Å². The number of ether oxygens (including phenoxy) is 1. The Morgan fingerprint density at radius 1 is 1.10 bits per heavy atom. The average molecular weight is 325 g/mol. The summed E-state index contributed by atoms with van der Waals surface area (Å²) in [5, 5.41) is 4.40. The predicted octanol–water partition coefficient (Wildman–Crippen LogP) is 3.47. The second kappa shape index (κ2) is 7.20. The van der Waals surface area contributed by atoms with E-state index in [9.17, 15) is 4.79 Å². The van der Waals surface area contributed by atoms with Gasteiger partial charge in [-0.15, -0.1) is 0 Å². The van der Waals surface area contributed by atoms with Crippen LogP contribution in [0.2, 0.25) is 10.0 Å². The van der Waals surface area contributed by atoms with E-state index in [-0.39, 0.29) is 6.61 Å². The van der Waals surface area contributed by atoms with Crippen LogP contribution in [-0.4, -0.2) is 12.5 Å². The van der Waals surface area contributed by atoms with E-state index in [1.165, 1.54) is 0 Å². The van der Waals surface area contributed by atoms with Crippen LogP contribution in [0.15, 0.2) is 42.5 Å². The number of benzene rings is 2. The molecule has 0 saturated carbocycles. The molecule has 0 aliphatic heterocycles. The van der Waals surface area contributed by atoms with Crippen molar-refractivity contribution in [3.63, 3.8) is 0 Å². The highest BCUT2D eigenvalue weighted by molar-refractivity contribution is 6.35. The van der Waals surface area contributed by atoms with Gasteiger partial charge in [-0.2, -0.15) is 0 Å². The van der Waals surface area contributed by atoms with Crippen LogP contribution < -0.4 is 15.8 Å². The summed E-state index contributed by atoms with van der Waals surface area (Å²) in [4.78, 5) is 10.6. The molecule has 6 heteroatoms. The molecule has 0 aromatic heterocycles. The fraction of sp³-hybridized carbons (Fsp3) is 0.133. The summed E-state index contributed by atoms with van der Waals surface area (Å²) in [6.07, 6.45) is 0. The first-order valence-corrected chi connectivity index (χ1v) is 6.98. The van der Waals surface area contributed by atoms with Crippen LogP contribution in [0.1, 0.15) is 5.56 Å². The van der Waals surface area contributed by atoms with E-state index in [1.54, 1.807) is 30.3 Å². The number of amides is 1. The van der Waals surface area contributed by atoms with Gasteiger partial charge in [-0.25, -0.2) is 0 Å². The number of nitrogens with one attached hydrogen (secondary N) is 1. The van der Waals surface area contributed by atoms with Gasteiger partial charge in [0, 0.05) is 22.3 Å². The van der Waals surface area contributed by atoms with Gasteiger partial charge >= 0.3 is 0 Å². The molecule has 0 fully saturated rings. The third kappa shape index (κ3) is 5.17. The molecule has 2 rings (SSSR count). The molecule has 4 nitrogen and oxygen atoms in total. The molecule has 2 aromatic carbocycles. The normalized spacial score (nSPS) is 10.2. The van der Waals surface area contributed by atoms with E-state index in [1.807, 2.05) is 12.1 Å². The molecule has 0 bridgehead atoms. The Balaban J connectivity index is 1.92. The Kier molecular flexibility index (Phi) is 5.31. The summed E-state index contributed by atoms with van der Waals surface area (Å²) in [6, 6.07) is 12.6. The first-order chi connectivity index (χ1) is 10.0. The van der Waals surface area contributed by atoms with Gasteiger partial charge in [0.05, 0.1) is 0 Å². The lowest BCUT2D eigenvalue weighted by atomic mass is 10.2. The van der Waals surface area contributed by atoms with Gasteiger partial charge in [-0.05, 0) is 35.9 Å². The van der Waals surface area contributed by atoms with Crippen LogP contribution in [0.25, 0.3) is 0 Å². The van der Waals surface area contributed by atoms with Crippen molar-refractivity contribution in [2.24, 2.45) is 5.73 Å². The molecule has 0 heterocycles. The molecule has 0 saturated heterocycles. The molecule has 0 radical (unpaired) electrons. The molecule has 0 aliphatic carbocycles. The summed E-state index contributed by atoms with van der Waals surface area (Å²) >= 11 is 11.9. The number of anilines is 1. The fourth-order valence-corrected chi connectivity index (χ4v) is 2.24. The standard InChI is InChI=1S/C15H14Cl2N2O2/c16-11-5-12(17)7-13(6-11)19-8-10-1-3-14(4-2-10)21-9-15(18)20/h1-7,19H,8-9H2,(H2,18,20). The van der Waals surface area contributed by atoms with Gasteiger partial charge in [0.2, 0.25) is 0 Å². The maximum Gasteiger partial charge on any atom is 0.255 e. The molecule has 110 valence electrons. The maximum atomic E-state index is 10.6. The number of hydrogen-bond acceptors (Lipinski definition) is 3. The Labute approximate surface area is 132 Å². The van der Waals surface area contributed by atoms with Crippen LogP contribution in [0.4, 0.5) is 5.69 Å². The lowest BCUT2D eigenvalue weighted by Gasteiger charge is -2.09. The number of carbonyl (C=O) groups is 1. The third-order valence-corrected chi connectivity index (χ3v) is 3.10. The Hall–Kier alpha value is -1.91. The van der Waals surface area contributed by atoms with Crippen LogP contribution in [0.5, 0.6) is 5.75 Å². The second-order valence-corrected chi connectivity index (χ2v) is 5.28. The van der Waals surface area contributed by atoms with E-state index in [0.29, 0.717) is 22.3 Å². The van der Waals surface area contributed by atoms with Gasteiger partial charge < -0.3 is 15.8 Å². The van der Waals surface area contributed by atoms with Gasteiger partial charge in [0.15, 0.2) is 6.61 Å². The van der Waals surface area contributed by atoms with E-state index >= 15 is 0 Å². The number of hydrogen-bond donors (Lipinski definition) is 2. The molecule has 0 atom stereocenters. The minimum absolute atomic E-state index is 0.126. The predicted molar refractivity (Wildman–Crippen MR) is 84.9 cm³/mol. The van der Waals surface area contributed by atoms with Crippen molar-refractivity contribution in [2.45, 2.75) is 6.54 Å². The number of rotatable bonds is 6. The highest BCUT2D eigenvalue weighted by Gasteiger charge is 2.00. The number of carbonyl (C=O) groups excluding carboxylic acids is 1. The van der Waals surface area contributed by atoms with Gasteiger partial charge in [0.25, 0.3) is 5.91 Å². The molecule has 0 aliphatic rings. The lowest BCUT2D eigenvalue weighted by molar-refractivity contribution is -0.119. The molecule has 0 unspecified atom stereocenters. The molecule has 3 N–H and O–H groups in total. The summed E-state index contributed by atoms with van der Waals surface area (Å²) in [6.45, 7) is 0.491. The summed E-state index contributed by atoms with van der Waals surface area (Å²) < 4.78 is 5.19. The topological polar surface area (TPSA) is 64.4 Å². The largest absolute Gasteiger partial charge is 0.484 e. The van der Waals surface area contributed by atoms with Crippen molar-refractivity contribution in [3.8, 4) is 5.75 Å². The summed E-state index contributed by atoms with van der Waals surface area (Å²) in [5.41, 5.74) is 6.91. The highest BCUT2D eigenvalue weighted by atomic mass is 35.5. The second-order valence-electron chi connectivity index (χ2n) is 4.41. The molecular formula is C15H14Cl2N2O2. The SMILES string of the molecule is NC(=O)COc1ccc(CNc2cc(Cl)cc(Cl)c2)cc1. The Morgan fingerprint density at radius 2 is 1.71 bits per heavy atom. The number of halogens is 2. The Morgan fingerprint density at radius 3 is 2.29 bits per heavy atom. The minimum atomic E-state index is -0.501. The monoisotopic (exact) mass is 324 g/mol. The third-order valence-electron chi connectivity index (χ3n) is 2.66. The summed E-state index contributed by atoms with van der Waals surface area (Å²) in [5.74, 6) is 0.0990. The quantitative estimate of drug-likeness (QED) is 0.855. The van der Waals surface area contributed by atoms with E-state index in [0.717, 1.165) is 11.3 Å². The first-order valence-electron chi connectivity index (χ1n) is 6.23. The van der Waals surface area contributed by atoms with Crippen molar-refractivity contribution in [3.05, 3.63) is 58.1 Å². The smallest absolute Gasteiger partial charge is 0.255 e. The van der Waals surface area contributed by atoms with Crippen molar-refractivity contribution < 1.29 is 9.53 Å². The highest BCUT2D eigenvalue weighted by Crippen LogP contribution is 2.23. The van der Waals surface area contributed by atoms with Crippen LogP contribution >= 0.6 is 23.2 Å². The van der Waals surface area contributed by atoms with E-state index < -0.39 is 5.91 Å². The maximum absolute atomic E-state index is 10.6. The van der Waals surface area contributed by atoms with Gasteiger partial charge in [-0.1, -0.05) is 35.3 Å². The zero-order valence-electron chi connectivity index (χ0n) is 11.1. The lowest BCUT2D eigenvalue weighted by Crippen LogP contribution is -2.19. The zero-order valence-corrected chi connectivity index (χ0v) is 12.6. The molecule has 2 aromatic rings. The zero-order chi connectivity index (χ0) is 15.2. The van der Waals surface area contributed by atoms with Crippen molar-refractivity contribution in [1.29, 1.82) is 0 Å². The van der Waals surface area contributed by atoms with E-state index in [2.05, 4.69) is 5.32 Å². The molecule has 21 heavy (non-hydrogen) atoms. The van der Waals surface area contributed by atoms with Gasteiger partial charge in [0.1, 0.15) is 5.75 Å². The average Bonchev–Trinajstić information content (AvgIpc) is 2.43. The Bertz CT molecular complexity index is 610. The number of primary amides is 1. The molecule has 0 spiro atoms. The van der Waals surface area contributed by atoms with Crippen LogP contribution in [0, 0.1) is 0 Å². The van der Waals surface area contributed by atoms with Crippen molar-refractivity contribution >= 4 is 34.8 Å². The summed E-state index contributed by atoms with van der Waals surface area (Å²) in [7, 11) is 0. The minimum Gasteiger partial charge on any atom is -0.484 e. The first kappa shape index (κ1) is 15.5. The molecular weight excluding hydrogens is 311 g/mol. The fourth-order valence-electron chi connectivity index (χ4n) is 1.72.